The third kappa shape index (κ3) is 5.60. The number of nitrogens with zero attached hydrogens (tertiary/aromatic N) is 2. The predicted molar refractivity (Wildman–Crippen MR) is 92.0 cm³/mol. The third-order valence-electron chi connectivity index (χ3n) is 3.56. The molecule has 0 atom stereocenters. The van der Waals surface area contributed by atoms with Gasteiger partial charge in [-0.2, -0.15) is 0 Å². The molecule has 2 amide bonds. The fraction of sp³-hybridized carbons (Fsp3) is 0.667. The van der Waals surface area contributed by atoms with Gasteiger partial charge in [0.05, 0.1) is 3.79 Å². The molecule has 0 saturated carbocycles. The van der Waals surface area contributed by atoms with Crippen LogP contribution in [0.15, 0.2) is 15.9 Å². The molecule has 1 N–H and O–H groups in total. The molecule has 2 rings (SSSR count). The summed E-state index contributed by atoms with van der Waals surface area (Å²) in [5.74, 6) is 0.690. The van der Waals surface area contributed by atoms with Gasteiger partial charge in [-0.3, -0.25) is 4.90 Å². The topological polar surface area (TPSA) is 35.6 Å². The first-order chi connectivity index (χ1) is 10.0. The number of piperazine rings is 1. The van der Waals surface area contributed by atoms with E-state index in [0.717, 1.165) is 42.9 Å². The van der Waals surface area contributed by atoms with Crippen molar-refractivity contribution < 1.29 is 4.79 Å². The normalized spacial score (nSPS) is 16.5. The Morgan fingerprint density at radius 2 is 2.05 bits per heavy atom. The van der Waals surface area contributed by atoms with Crippen LogP contribution in [0.1, 0.15) is 18.7 Å². The lowest BCUT2D eigenvalue weighted by Crippen LogP contribution is -2.52. The van der Waals surface area contributed by atoms with E-state index in [1.165, 1.54) is 4.88 Å². The zero-order chi connectivity index (χ0) is 15.2. The highest BCUT2D eigenvalue weighted by Gasteiger charge is 2.20. The number of hydrogen-bond donors (Lipinski definition) is 1. The first-order valence-electron chi connectivity index (χ1n) is 7.54. The molecule has 0 aliphatic carbocycles. The van der Waals surface area contributed by atoms with Gasteiger partial charge in [0.25, 0.3) is 0 Å². The first kappa shape index (κ1) is 16.8. The van der Waals surface area contributed by atoms with E-state index in [1.807, 2.05) is 4.90 Å². The second-order valence-electron chi connectivity index (χ2n) is 5.87. The van der Waals surface area contributed by atoms with Crippen molar-refractivity contribution in [2.75, 3.05) is 39.3 Å². The van der Waals surface area contributed by atoms with Crippen molar-refractivity contribution in [2.24, 2.45) is 5.92 Å². The molecule has 0 spiro atoms. The Balaban J connectivity index is 1.65. The highest BCUT2D eigenvalue weighted by molar-refractivity contribution is 9.11. The van der Waals surface area contributed by atoms with E-state index < -0.39 is 0 Å². The Kier molecular flexibility index (Phi) is 6.51. The quantitative estimate of drug-likeness (QED) is 0.860. The SMILES string of the molecule is CC(C)CN1CCN(C(=O)NCCc2ccc(Br)s2)CC1. The Hall–Kier alpha value is -0.590. The number of amides is 2. The van der Waals surface area contributed by atoms with Gasteiger partial charge in [-0.1, -0.05) is 13.8 Å². The molecule has 0 aromatic carbocycles. The van der Waals surface area contributed by atoms with Crippen LogP contribution < -0.4 is 5.32 Å². The molecule has 1 aromatic heterocycles. The van der Waals surface area contributed by atoms with Crippen LogP contribution in [-0.2, 0) is 6.42 Å². The highest BCUT2D eigenvalue weighted by Crippen LogP contribution is 2.22. The number of hydrogen-bond acceptors (Lipinski definition) is 3. The third-order valence-corrected chi connectivity index (χ3v) is 5.24. The summed E-state index contributed by atoms with van der Waals surface area (Å²) < 4.78 is 1.14. The summed E-state index contributed by atoms with van der Waals surface area (Å²) in [4.78, 5) is 17.8. The summed E-state index contributed by atoms with van der Waals surface area (Å²) in [5.41, 5.74) is 0. The zero-order valence-electron chi connectivity index (χ0n) is 12.8. The summed E-state index contributed by atoms with van der Waals surface area (Å²) >= 11 is 5.18. The van der Waals surface area contributed by atoms with Crippen molar-refractivity contribution >= 4 is 33.3 Å². The molecular formula is C15H24BrN3OS. The molecule has 118 valence electrons. The van der Waals surface area contributed by atoms with Crippen LogP contribution in [0.2, 0.25) is 0 Å². The molecule has 6 heteroatoms. The van der Waals surface area contributed by atoms with Crippen LogP contribution in [-0.4, -0.2) is 55.1 Å². The summed E-state index contributed by atoms with van der Waals surface area (Å²) in [5, 5.41) is 3.03. The van der Waals surface area contributed by atoms with Gasteiger partial charge in [-0.25, -0.2) is 4.79 Å². The van der Waals surface area contributed by atoms with Gasteiger partial charge in [0, 0.05) is 44.1 Å². The highest BCUT2D eigenvalue weighted by atomic mass is 79.9. The minimum atomic E-state index is 0.0785. The fourth-order valence-corrected chi connectivity index (χ4v) is 4.02. The van der Waals surface area contributed by atoms with E-state index in [4.69, 9.17) is 0 Å². The summed E-state index contributed by atoms with van der Waals surface area (Å²) in [6.45, 7) is 9.96. The average Bonchev–Trinajstić information content (AvgIpc) is 2.84. The lowest BCUT2D eigenvalue weighted by molar-refractivity contribution is 0.131. The van der Waals surface area contributed by atoms with Crippen LogP contribution >= 0.6 is 27.3 Å². The second-order valence-corrected chi connectivity index (χ2v) is 8.42. The molecule has 0 bridgehead atoms. The maximum atomic E-state index is 12.1. The fourth-order valence-electron chi connectivity index (χ4n) is 2.54. The molecule has 1 saturated heterocycles. The number of carbonyl (C=O) groups is 1. The van der Waals surface area contributed by atoms with Crippen LogP contribution in [0, 0.1) is 5.92 Å². The Labute approximate surface area is 139 Å². The lowest BCUT2D eigenvalue weighted by atomic mass is 10.2. The van der Waals surface area contributed by atoms with E-state index >= 15 is 0 Å². The number of carbonyl (C=O) groups excluding carboxylic acids is 1. The second kappa shape index (κ2) is 8.15. The van der Waals surface area contributed by atoms with Crippen molar-refractivity contribution in [3.63, 3.8) is 0 Å². The molecule has 1 fully saturated rings. The van der Waals surface area contributed by atoms with Gasteiger partial charge >= 0.3 is 6.03 Å². The van der Waals surface area contributed by atoms with Crippen molar-refractivity contribution in [3.05, 3.63) is 20.8 Å². The van der Waals surface area contributed by atoms with E-state index in [-0.39, 0.29) is 6.03 Å². The van der Waals surface area contributed by atoms with E-state index in [1.54, 1.807) is 11.3 Å². The zero-order valence-corrected chi connectivity index (χ0v) is 15.2. The van der Waals surface area contributed by atoms with E-state index in [2.05, 4.69) is 52.1 Å². The number of halogens is 1. The van der Waals surface area contributed by atoms with Gasteiger partial charge in [0.15, 0.2) is 0 Å². The van der Waals surface area contributed by atoms with Crippen LogP contribution in [0.4, 0.5) is 4.79 Å². The molecule has 4 nitrogen and oxygen atoms in total. The minimum Gasteiger partial charge on any atom is -0.338 e. The number of nitrogens with one attached hydrogen (secondary N) is 1. The number of thiophene rings is 1. The monoisotopic (exact) mass is 373 g/mol. The summed E-state index contributed by atoms with van der Waals surface area (Å²) in [7, 11) is 0. The molecule has 1 aromatic rings. The molecule has 2 heterocycles. The van der Waals surface area contributed by atoms with Gasteiger partial charge in [-0.05, 0) is 40.4 Å². The first-order valence-corrected chi connectivity index (χ1v) is 9.15. The number of urea groups is 1. The smallest absolute Gasteiger partial charge is 0.317 e. The van der Waals surface area contributed by atoms with Crippen LogP contribution in [0.25, 0.3) is 0 Å². The molecular weight excluding hydrogens is 350 g/mol. The van der Waals surface area contributed by atoms with E-state index in [0.29, 0.717) is 12.5 Å². The molecule has 0 radical (unpaired) electrons. The molecule has 0 unspecified atom stereocenters. The molecule has 21 heavy (non-hydrogen) atoms. The summed E-state index contributed by atoms with van der Waals surface area (Å²) in [6, 6.07) is 4.23. The Morgan fingerprint density at radius 3 is 2.62 bits per heavy atom. The maximum Gasteiger partial charge on any atom is 0.317 e. The van der Waals surface area contributed by atoms with Gasteiger partial charge in [0.2, 0.25) is 0 Å². The maximum absolute atomic E-state index is 12.1. The van der Waals surface area contributed by atoms with E-state index in [9.17, 15) is 4.79 Å². The average molecular weight is 374 g/mol. The van der Waals surface area contributed by atoms with Crippen molar-refractivity contribution in [2.45, 2.75) is 20.3 Å². The largest absolute Gasteiger partial charge is 0.338 e. The van der Waals surface area contributed by atoms with Crippen molar-refractivity contribution in [1.29, 1.82) is 0 Å². The Morgan fingerprint density at radius 1 is 1.33 bits per heavy atom. The predicted octanol–water partition coefficient (Wildman–Crippen LogP) is 3.04. The minimum absolute atomic E-state index is 0.0785. The standard InChI is InChI=1S/C15H24BrN3OS/c1-12(2)11-18-7-9-19(10-8-18)15(20)17-6-5-13-3-4-14(16)21-13/h3-4,12H,5-11H2,1-2H3,(H,17,20). The van der Waals surface area contributed by atoms with Gasteiger partial charge in [0.1, 0.15) is 0 Å². The van der Waals surface area contributed by atoms with Crippen LogP contribution in [0.5, 0.6) is 0 Å². The van der Waals surface area contributed by atoms with Crippen molar-refractivity contribution in [1.82, 2.24) is 15.1 Å². The molecule has 1 aliphatic rings. The summed E-state index contributed by atoms with van der Waals surface area (Å²) in [6.07, 6.45) is 0.898. The Bertz CT molecular complexity index is 456. The lowest BCUT2D eigenvalue weighted by Gasteiger charge is -2.35. The van der Waals surface area contributed by atoms with Gasteiger partial charge in [-0.15, -0.1) is 11.3 Å². The van der Waals surface area contributed by atoms with Crippen LogP contribution in [0.3, 0.4) is 0 Å². The van der Waals surface area contributed by atoms with Crippen molar-refractivity contribution in [3.8, 4) is 0 Å². The number of rotatable bonds is 5. The molecule has 1 aliphatic heterocycles. The van der Waals surface area contributed by atoms with Gasteiger partial charge < -0.3 is 10.2 Å².